The largest absolute Gasteiger partial charge is 0.0625 e. The summed E-state index contributed by atoms with van der Waals surface area (Å²) in [6, 6.07) is 0. The Bertz CT molecular complexity index is 494. The number of hydrogen-bond donors (Lipinski definition) is 0. The Hall–Kier alpha value is 0. The molecular weight excluding hydrogens is 264 g/mol. The van der Waals surface area contributed by atoms with E-state index in [1.807, 2.05) is 0 Å². The average molecular weight is 301 g/mol. The molecule has 0 amide bonds. The summed E-state index contributed by atoms with van der Waals surface area (Å²) in [5, 5.41) is 0. The summed E-state index contributed by atoms with van der Waals surface area (Å²) >= 11 is 0. The molecule has 0 bridgehead atoms. The molecule has 5 rings (SSSR count). The van der Waals surface area contributed by atoms with Gasteiger partial charge in [0.15, 0.2) is 0 Å². The zero-order valence-corrected chi connectivity index (χ0v) is 15.3. The van der Waals surface area contributed by atoms with Crippen molar-refractivity contribution in [1.29, 1.82) is 0 Å². The Labute approximate surface area is 137 Å². The van der Waals surface area contributed by atoms with Gasteiger partial charge in [0.05, 0.1) is 0 Å². The molecule has 0 saturated heterocycles. The Balaban J connectivity index is 1.51. The third-order valence-electron chi connectivity index (χ3n) is 10.5. The SMILES string of the molecule is C[C@H]1CC[C@]2(C)C3CC[C@@]4(C)C(CC[C@@H]4C)C3C[C@H]3C[C@]32C1. The van der Waals surface area contributed by atoms with Gasteiger partial charge in [-0.3, -0.25) is 0 Å². The van der Waals surface area contributed by atoms with Crippen LogP contribution in [-0.2, 0) is 0 Å². The first kappa shape index (κ1) is 14.4. The standard InChI is InChI=1S/C22H36/c1-14-7-10-21(4)19-8-9-20(3)15(2)5-6-18(20)17(19)11-16-13-22(16,21)12-14/h14-19H,5-13H2,1-4H3/t14-,15-,16-,17?,18?,19?,20+,21+,22+/m0/s1. The van der Waals surface area contributed by atoms with E-state index in [9.17, 15) is 0 Å². The minimum Gasteiger partial charge on any atom is -0.0625 e. The third kappa shape index (κ3) is 1.47. The van der Waals surface area contributed by atoms with Gasteiger partial charge < -0.3 is 0 Å². The van der Waals surface area contributed by atoms with Crippen molar-refractivity contribution in [3.05, 3.63) is 0 Å². The monoisotopic (exact) mass is 300 g/mol. The summed E-state index contributed by atoms with van der Waals surface area (Å²) < 4.78 is 0. The predicted molar refractivity (Wildman–Crippen MR) is 92.5 cm³/mol. The molecule has 5 fully saturated rings. The maximum atomic E-state index is 2.76. The molecule has 124 valence electrons. The van der Waals surface area contributed by atoms with Crippen LogP contribution in [0.4, 0.5) is 0 Å². The van der Waals surface area contributed by atoms with E-state index in [1.165, 1.54) is 12.8 Å². The molecular formula is C22H36. The maximum Gasteiger partial charge on any atom is -0.0207 e. The number of hydrogen-bond acceptors (Lipinski definition) is 0. The molecule has 1 spiro atoms. The lowest BCUT2D eigenvalue weighted by atomic mass is 9.44. The van der Waals surface area contributed by atoms with Gasteiger partial charge in [-0.05, 0) is 103 Å². The molecule has 5 aliphatic carbocycles. The van der Waals surface area contributed by atoms with Crippen LogP contribution in [0.1, 0.15) is 85.5 Å². The zero-order chi connectivity index (χ0) is 15.3. The van der Waals surface area contributed by atoms with Gasteiger partial charge in [-0.15, -0.1) is 0 Å². The van der Waals surface area contributed by atoms with Gasteiger partial charge in [0, 0.05) is 0 Å². The highest BCUT2D eigenvalue weighted by Gasteiger charge is 2.73. The van der Waals surface area contributed by atoms with E-state index >= 15 is 0 Å². The van der Waals surface area contributed by atoms with Crippen molar-refractivity contribution < 1.29 is 0 Å². The van der Waals surface area contributed by atoms with E-state index in [0.29, 0.717) is 5.41 Å². The fourth-order valence-corrected chi connectivity index (χ4v) is 8.94. The molecule has 0 heteroatoms. The number of fused-ring (bicyclic) bond motifs is 4. The second-order valence-electron chi connectivity index (χ2n) is 11.0. The Kier molecular flexibility index (Phi) is 2.71. The zero-order valence-electron chi connectivity index (χ0n) is 15.3. The molecule has 22 heavy (non-hydrogen) atoms. The fourth-order valence-electron chi connectivity index (χ4n) is 8.94. The van der Waals surface area contributed by atoms with Gasteiger partial charge in [-0.25, -0.2) is 0 Å². The molecule has 5 saturated carbocycles. The summed E-state index contributed by atoms with van der Waals surface area (Å²) in [6.07, 6.45) is 14.1. The van der Waals surface area contributed by atoms with Gasteiger partial charge in [-0.2, -0.15) is 0 Å². The molecule has 0 aliphatic heterocycles. The molecule has 0 aromatic carbocycles. The maximum absolute atomic E-state index is 2.76. The van der Waals surface area contributed by atoms with E-state index < -0.39 is 0 Å². The quantitative estimate of drug-likeness (QED) is 0.492. The van der Waals surface area contributed by atoms with Crippen molar-refractivity contribution in [3.63, 3.8) is 0 Å². The van der Waals surface area contributed by atoms with Crippen molar-refractivity contribution >= 4 is 0 Å². The van der Waals surface area contributed by atoms with Gasteiger partial charge >= 0.3 is 0 Å². The molecule has 5 aliphatic rings. The van der Waals surface area contributed by atoms with Gasteiger partial charge in [-0.1, -0.05) is 34.1 Å². The van der Waals surface area contributed by atoms with Crippen molar-refractivity contribution in [1.82, 2.24) is 0 Å². The Morgan fingerprint density at radius 2 is 1.64 bits per heavy atom. The van der Waals surface area contributed by atoms with E-state index in [-0.39, 0.29) is 0 Å². The first-order valence-corrected chi connectivity index (χ1v) is 10.4. The summed E-state index contributed by atoms with van der Waals surface area (Å²) in [4.78, 5) is 0. The lowest BCUT2D eigenvalue weighted by molar-refractivity contribution is -0.124. The van der Waals surface area contributed by atoms with Gasteiger partial charge in [0.25, 0.3) is 0 Å². The molecule has 0 aromatic heterocycles. The highest BCUT2D eigenvalue weighted by atomic mass is 14.8. The Morgan fingerprint density at radius 1 is 0.818 bits per heavy atom. The summed E-state index contributed by atoms with van der Waals surface area (Å²) in [5.74, 6) is 6.39. The third-order valence-corrected chi connectivity index (χ3v) is 10.5. The van der Waals surface area contributed by atoms with Gasteiger partial charge in [0.1, 0.15) is 0 Å². The first-order chi connectivity index (χ1) is 10.4. The normalized spacial score (nSPS) is 66.0. The van der Waals surface area contributed by atoms with Crippen LogP contribution >= 0.6 is 0 Å². The van der Waals surface area contributed by atoms with Crippen LogP contribution in [0.5, 0.6) is 0 Å². The van der Waals surface area contributed by atoms with Crippen LogP contribution in [0.15, 0.2) is 0 Å². The van der Waals surface area contributed by atoms with Crippen LogP contribution in [0, 0.1) is 51.8 Å². The number of rotatable bonds is 0. The summed E-state index contributed by atoms with van der Waals surface area (Å²) in [7, 11) is 0. The van der Waals surface area contributed by atoms with Crippen molar-refractivity contribution in [2.45, 2.75) is 85.5 Å². The molecule has 0 radical (unpaired) electrons. The van der Waals surface area contributed by atoms with Crippen molar-refractivity contribution in [2.75, 3.05) is 0 Å². The molecule has 0 heterocycles. The average Bonchev–Trinajstić information content (AvgIpc) is 3.08. The smallest absolute Gasteiger partial charge is 0.0207 e. The molecule has 0 N–H and O–H groups in total. The molecule has 9 atom stereocenters. The van der Waals surface area contributed by atoms with E-state index in [2.05, 4.69) is 27.7 Å². The molecule has 0 nitrogen and oxygen atoms in total. The first-order valence-electron chi connectivity index (χ1n) is 10.4. The van der Waals surface area contributed by atoms with Gasteiger partial charge in [0.2, 0.25) is 0 Å². The van der Waals surface area contributed by atoms with Crippen molar-refractivity contribution in [2.24, 2.45) is 51.8 Å². The Morgan fingerprint density at radius 3 is 2.45 bits per heavy atom. The fraction of sp³-hybridized carbons (Fsp3) is 1.00. The van der Waals surface area contributed by atoms with Crippen LogP contribution < -0.4 is 0 Å². The molecule has 0 aromatic rings. The highest BCUT2D eigenvalue weighted by Crippen LogP contribution is 2.81. The van der Waals surface area contributed by atoms with E-state index in [1.54, 1.807) is 44.9 Å². The second-order valence-corrected chi connectivity index (χ2v) is 11.0. The second kappa shape index (κ2) is 4.15. The van der Waals surface area contributed by atoms with E-state index in [0.717, 1.165) is 46.3 Å². The lowest BCUT2D eigenvalue weighted by Gasteiger charge is -2.61. The van der Waals surface area contributed by atoms with Crippen LogP contribution in [-0.4, -0.2) is 0 Å². The van der Waals surface area contributed by atoms with Crippen LogP contribution in [0.3, 0.4) is 0 Å². The van der Waals surface area contributed by atoms with Crippen LogP contribution in [0.25, 0.3) is 0 Å². The van der Waals surface area contributed by atoms with E-state index in [4.69, 9.17) is 0 Å². The summed E-state index contributed by atoms with van der Waals surface area (Å²) in [5.41, 5.74) is 2.23. The lowest BCUT2D eigenvalue weighted by Crippen LogP contribution is -2.54. The topological polar surface area (TPSA) is 0 Å². The highest BCUT2D eigenvalue weighted by molar-refractivity contribution is 5.22. The van der Waals surface area contributed by atoms with Crippen molar-refractivity contribution in [3.8, 4) is 0 Å². The van der Waals surface area contributed by atoms with Crippen LogP contribution in [0.2, 0.25) is 0 Å². The minimum absolute atomic E-state index is 0.703. The molecule has 3 unspecified atom stereocenters. The summed E-state index contributed by atoms with van der Waals surface area (Å²) in [6.45, 7) is 10.5. The minimum atomic E-state index is 0.703. The predicted octanol–water partition coefficient (Wildman–Crippen LogP) is 6.30.